The molecule has 8 heteroatoms. The first kappa shape index (κ1) is 17.7. The third-order valence-electron chi connectivity index (χ3n) is 4.60. The largest absolute Gasteiger partial charge is 0.465 e. The Morgan fingerprint density at radius 1 is 1.38 bits per heavy atom. The molecule has 1 N–H and O–H groups in total. The standard InChI is InChI=1S/C16H21ClN2O4S/c1-10-7-12(9-19(10)13-4-5-13)18-24(21,22)15-8-11(16(20)23-2)3-6-14(15)17/h3,6,8,10,12-13,18H,4-5,7,9H2,1-2H3. The Hall–Kier alpha value is -1.15. The number of nitrogens with one attached hydrogen (secondary N) is 1. The second-order valence-electron chi connectivity index (χ2n) is 6.47. The highest BCUT2D eigenvalue weighted by Gasteiger charge is 2.40. The molecule has 132 valence electrons. The lowest BCUT2D eigenvalue weighted by Gasteiger charge is -2.19. The van der Waals surface area contributed by atoms with Crippen LogP contribution in [0, 0.1) is 0 Å². The highest BCUT2D eigenvalue weighted by Crippen LogP contribution is 2.34. The molecule has 0 bridgehead atoms. The third-order valence-corrected chi connectivity index (χ3v) is 6.60. The van der Waals surface area contributed by atoms with Gasteiger partial charge in [-0.3, -0.25) is 4.90 Å². The van der Waals surface area contributed by atoms with E-state index in [4.69, 9.17) is 11.6 Å². The normalized spacial score (nSPS) is 25.0. The summed E-state index contributed by atoms with van der Waals surface area (Å²) in [6, 6.07) is 4.91. The Labute approximate surface area is 147 Å². The first-order valence-corrected chi connectivity index (χ1v) is 9.84. The molecule has 24 heavy (non-hydrogen) atoms. The summed E-state index contributed by atoms with van der Waals surface area (Å²) in [6.45, 7) is 2.83. The summed E-state index contributed by atoms with van der Waals surface area (Å²) < 4.78 is 32.8. The van der Waals surface area contributed by atoms with Crippen LogP contribution < -0.4 is 4.72 Å². The molecule has 0 radical (unpaired) electrons. The molecule has 2 fully saturated rings. The molecule has 1 aromatic rings. The number of hydrogen-bond donors (Lipinski definition) is 1. The fraction of sp³-hybridized carbons (Fsp3) is 0.562. The van der Waals surface area contributed by atoms with Crippen LogP contribution in [0.5, 0.6) is 0 Å². The predicted molar refractivity (Wildman–Crippen MR) is 90.7 cm³/mol. The van der Waals surface area contributed by atoms with Gasteiger partial charge in [0, 0.05) is 24.7 Å². The lowest BCUT2D eigenvalue weighted by Crippen LogP contribution is -2.37. The van der Waals surface area contributed by atoms with E-state index in [9.17, 15) is 13.2 Å². The van der Waals surface area contributed by atoms with E-state index in [2.05, 4.69) is 21.3 Å². The zero-order valence-electron chi connectivity index (χ0n) is 13.7. The van der Waals surface area contributed by atoms with Crippen molar-refractivity contribution in [2.24, 2.45) is 0 Å². The Morgan fingerprint density at radius 3 is 2.71 bits per heavy atom. The van der Waals surface area contributed by atoms with Crippen molar-refractivity contribution in [2.75, 3.05) is 13.7 Å². The quantitative estimate of drug-likeness (QED) is 0.800. The van der Waals surface area contributed by atoms with Crippen LogP contribution >= 0.6 is 11.6 Å². The second kappa shape index (κ2) is 6.63. The van der Waals surface area contributed by atoms with Gasteiger partial charge in [-0.2, -0.15) is 0 Å². The van der Waals surface area contributed by atoms with Crippen molar-refractivity contribution < 1.29 is 17.9 Å². The van der Waals surface area contributed by atoms with Gasteiger partial charge in [0.1, 0.15) is 4.90 Å². The molecular weight excluding hydrogens is 352 g/mol. The summed E-state index contributed by atoms with van der Waals surface area (Å²) in [6.07, 6.45) is 3.15. The number of nitrogens with zero attached hydrogens (tertiary/aromatic N) is 1. The van der Waals surface area contributed by atoms with Gasteiger partial charge in [-0.15, -0.1) is 0 Å². The van der Waals surface area contributed by atoms with Crippen LogP contribution in [-0.4, -0.2) is 51.1 Å². The summed E-state index contributed by atoms with van der Waals surface area (Å²) in [4.78, 5) is 13.9. The molecule has 0 spiro atoms. The van der Waals surface area contributed by atoms with Crippen molar-refractivity contribution >= 4 is 27.6 Å². The molecular formula is C16H21ClN2O4S. The van der Waals surface area contributed by atoms with Crippen LogP contribution in [0.1, 0.15) is 36.5 Å². The van der Waals surface area contributed by atoms with Gasteiger partial charge >= 0.3 is 5.97 Å². The van der Waals surface area contributed by atoms with Crippen LogP contribution in [0.15, 0.2) is 23.1 Å². The number of carbonyl (C=O) groups excluding carboxylic acids is 1. The first-order valence-electron chi connectivity index (χ1n) is 7.97. The van der Waals surface area contributed by atoms with Gasteiger partial charge in [0.2, 0.25) is 10.0 Å². The van der Waals surface area contributed by atoms with Crippen molar-refractivity contribution in [3.05, 3.63) is 28.8 Å². The maximum Gasteiger partial charge on any atom is 0.337 e. The fourth-order valence-electron chi connectivity index (χ4n) is 3.29. The Balaban J connectivity index is 1.79. The number of likely N-dealkylation sites (tertiary alicyclic amines) is 1. The monoisotopic (exact) mass is 372 g/mol. The maximum atomic E-state index is 12.7. The highest BCUT2D eigenvalue weighted by atomic mass is 35.5. The summed E-state index contributed by atoms with van der Waals surface area (Å²) >= 11 is 6.05. The summed E-state index contributed by atoms with van der Waals surface area (Å²) in [5.41, 5.74) is 0.154. The number of esters is 1. The third kappa shape index (κ3) is 3.59. The van der Waals surface area contributed by atoms with Gasteiger partial charge in [0.25, 0.3) is 0 Å². The molecule has 3 rings (SSSR count). The topological polar surface area (TPSA) is 75.7 Å². The zero-order valence-corrected chi connectivity index (χ0v) is 15.2. The van der Waals surface area contributed by atoms with Gasteiger partial charge in [-0.1, -0.05) is 11.6 Å². The van der Waals surface area contributed by atoms with E-state index in [1.54, 1.807) is 0 Å². The van der Waals surface area contributed by atoms with Gasteiger partial charge in [0.05, 0.1) is 17.7 Å². The summed E-state index contributed by atoms with van der Waals surface area (Å²) in [5.74, 6) is -0.600. The Morgan fingerprint density at radius 2 is 2.08 bits per heavy atom. The minimum Gasteiger partial charge on any atom is -0.465 e. The number of carbonyl (C=O) groups is 1. The summed E-state index contributed by atoms with van der Waals surface area (Å²) in [5, 5.41) is 0.0836. The molecule has 1 heterocycles. The van der Waals surface area contributed by atoms with E-state index in [0.29, 0.717) is 18.6 Å². The average molecular weight is 373 g/mol. The molecule has 1 saturated carbocycles. The van der Waals surface area contributed by atoms with E-state index in [1.165, 1.54) is 38.2 Å². The molecule has 2 atom stereocenters. The Bertz CT molecular complexity index is 748. The van der Waals surface area contributed by atoms with Crippen molar-refractivity contribution in [2.45, 2.75) is 49.2 Å². The zero-order chi connectivity index (χ0) is 17.5. The van der Waals surface area contributed by atoms with E-state index in [0.717, 1.165) is 6.42 Å². The number of hydrogen-bond acceptors (Lipinski definition) is 5. The number of halogens is 1. The van der Waals surface area contributed by atoms with E-state index >= 15 is 0 Å². The predicted octanol–water partition coefficient (Wildman–Crippen LogP) is 2.03. The average Bonchev–Trinajstić information content (AvgIpc) is 3.30. The van der Waals surface area contributed by atoms with Crippen LogP contribution in [0.4, 0.5) is 0 Å². The van der Waals surface area contributed by atoms with Crippen molar-refractivity contribution in [1.82, 2.24) is 9.62 Å². The van der Waals surface area contributed by atoms with Crippen LogP contribution in [0.2, 0.25) is 5.02 Å². The molecule has 1 aliphatic heterocycles. The molecule has 6 nitrogen and oxygen atoms in total. The fourth-order valence-corrected chi connectivity index (χ4v) is 5.06. The van der Waals surface area contributed by atoms with E-state index < -0.39 is 16.0 Å². The van der Waals surface area contributed by atoms with Crippen LogP contribution in [0.3, 0.4) is 0 Å². The van der Waals surface area contributed by atoms with Crippen molar-refractivity contribution in [3.8, 4) is 0 Å². The number of benzene rings is 1. The van der Waals surface area contributed by atoms with E-state index in [1.807, 2.05) is 0 Å². The molecule has 1 saturated heterocycles. The van der Waals surface area contributed by atoms with Gasteiger partial charge in [-0.25, -0.2) is 17.9 Å². The minimum atomic E-state index is -3.81. The molecule has 0 aromatic heterocycles. The van der Waals surface area contributed by atoms with Crippen LogP contribution in [-0.2, 0) is 14.8 Å². The maximum absolute atomic E-state index is 12.7. The van der Waals surface area contributed by atoms with Gasteiger partial charge in [0.15, 0.2) is 0 Å². The number of methoxy groups -OCH3 is 1. The summed E-state index contributed by atoms with van der Waals surface area (Å²) in [7, 11) is -2.56. The van der Waals surface area contributed by atoms with Gasteiger partial charge in [-0.05, 0) is 44.4 Å². The number of sulfonamides is 1. The Kier molecular flexibility index (Phi) is 4.88. The smallest absolute Gasteiger partial charge is 0.337 e. The lowest BCUT2D eigenvalue weighted by atomic mass is 10.2. The first-order chi connectivity index (χ1) is 11.3. The number of ether oxygens (including phenoxy) is 1. The number of rotatable bonds is 5. The van der Waals surface area contributed by atoms with Crippen LogP contribution in [0.25, 0.3) is 0 Å². The highest BCUT2D eigenvalue weighted by molar-refractivity contribution is 7.89. The SMILES string of the molecule is COC(=O)c1ccc(Cl)c(S(=O)(=O)NC2CC(C)N(C3CC3)C2)c1. The van der Waals surface area contributed by atoms with Crippen molar-refractivity contribution in [1.29, 1.82) is 0 Å². The molecule has 0 amide bonds. The molecule has 1 aromatic carbocycles. The van der Waals surface area contributed by atoms with E-state index in [-0.39, 0.29) is 21.5 Å². The minimum absolute atomic E-state index is 0.0836. The molecule has 2 unspecified atom stereocenters. The second-order valence-corrected chi connectivity index (χ2v) is 8.56. The van der Waals surface area contributed by atoms with Gasteiger partial charge < -0.3 is 4.74 Å². The van der Waals surface area contributed by atoms with Crippen molar-refractivity contribution in [3.63, 3.8) is 0 Å². The lowest BCUT2D eigenvalue weighted by molar-refractivity contribution is 0.0600. The molecule has 1 aliphatic carbocycles. The molecule has 2 aliphatic rings.